The summed E-state index contributed by atoms with van der Waals surface area (Å²) >= 11 is 36.1. The monoisotopic (exact) mass is 790 g/mol. The first-order valence-corrected chi connectivity index (χ1v) is 15.8. The van der Waals surface area contributed by atoms with Crippen molar-refractivity contribution in [2.24, 2.45) is 0 Å². The molecule has 0 amide bonds. The zero-order chi connectivity index (χ0) is 35.5. The van der Waals surface area contributed by atoms with Gasteiger partial charge in [-0.1, -0.05) is 69.6 Å². The van der Waals surface area contributed by atoms with Crippen molar-refractivity contribution < 1.29 is 52.3 Å². The van der Waals surface area contributed by atoms with Gasteiger partial charge in [0.25, 0.3) is 0 Å². The summed E-state index contributed by atoms with van der Waals surface area (Å²) in [7, 11) is 0. The van der Waals surface area contributed by atoms with E-state index in [9.17, 15) is 19.2 Å². The number of rotatable bonds is 14. The molecule has 4 aromatic rings. The van der Waals surface area contributed by atoms with Gasteiger partial charge in [0.05, 0.1) is 10.0 Å². The van der Waals surface area contributed by atoms with Crippen LogP contribution in [0, 0.1) is 0 Å². The molecule has 0 unspecified atom stereocenters. The molecule has 256 valence electrons. The molecule has 0 N–H and O–H groups in total. The van der Waals surface area contributed by atoms with Crippen LogP contribution < -0.4 is 18.9 Å². The molecular formula is C32H20Cl6O11. The Morgan fingerprint density at radius 1 is 0.408 bits per heavy atom. The summed E-state index contributed by atoms with van der Waals surface area (Å²) in [4.78, 5) is 48.7. The first kappa shape index (κ1) is 37.9. The Labute approximate surface area is 308 Å². The van der Waals surface area contributed by atoms with Crippen LogP contribution in [0.3, 0.4) is 0 Å². The zero-order valence-corrected chi connectivity index (χ0v) is 29.1. The van der Waals surface area contributed by atoms with Gasteiger partial charge in [-0.05, 0) is 60.7 Å². The predicted molar refractivity (Wildman–Crippen MR) is 180 cm³/mol. The van der Waals surface area contributed by atoms with Gasteiger partial charge in [-0.25, -0.2) is 19.2 Å². The summed E-state index contributed by atoms with van der Waals surface area (Å²) in [5.74, 6) is -3.51. The van der Waals surface area contributed by atoms with E-state index in [4.69, 9.17) is 103 Å². The van der Waals surface area contributed by atoms with Crippen LogP contribution in [0.25, 0.3) is 0 Å². The van der Waals surface area contributed by atoms with Crippen molar-refractivity contribution in [1.82, 2.24) is 0 Å². The molecular weight excluding hydrogens is 773 g/mol. The van der Waals surface area contributed by atoms with Crippen molar-refractivity contribution in [3.05, 3.63) is 103 Å². The van der Waals surface area contributed by atoms with E-state index in [0.29, 0.717) is 10.0 Å². The van der Waals surface area contributed by atoms with E-state index in [1.165, 1.54) is 60.7 Å². The molecule has 0 radical (unpaired) electrons. The number of carbonyl (C=O) groups excluding carboxylic acids is 4. The van der Waals surface area contributed by atoms with Gasteiger partial charge < -0.3 is 33.2 Å². The van der Waals surface area contributed by atoms with Crippen LogP contribution in [0.15, 0.2) is 72.8 Å². The lowest BCUT2D eigenvalue weighted by atomic mass is 10.3. The number of hydrogen-bond acceptors (Lipinski definition) is 11. The summed E-state index contributed by atoms with van der Waals surface area (Å²) in [6, 6.07) is 17.5. The van der Waals surface area contributed by atoms with E-state index in [0.717, 1.165) is 0 Å². The topological polar surface area (TPSA) is 133 Å². The highest BCUT2D eigenvalue weighted by Crippen LogP contribution is 2.39. The van der Waals surface area contributed by atoms with Gasteiger partial charge in [0.15, 0.2) is 36.2 Å². The minimum Gasteiger partial charge on any atom is -0.452 e. The van der Waals surface area contributed by atoms with Gasteiger partial charge in [-0.15, -0.1) is 0 Å². The Morgan fingerprint density at radius 3 is 1.12 bits per heavy atom. The molecule has 0 fully saturated rings. The van der Waals surface area contributed by atoms with Crippen LogP contribution in [0.1, 0.15) is 0 Å². The zero-order valence-electron chi connectivity index (χ0n) is 24.5. The quantitative estimate of drug-likeness (QED) is 0.0896. The molecule has 0 saturated heterocycles. The first-order chi connectivity index (χ1) is 23.4. The number of hydrogen-bond donors (Lipinski definition) is 0. The van der Waals surface area contributed by atoms with Crippen LogP contribution in [-0.4, -0.2) is 50.3 Å². The Bertz CT molecular complexity index is 1730. The fourth-order valence-electron chi connectivity index (χ4n) is 3.53. The van der Waals surface area contributed by atoms with Gasteiger partial charge in [0.1, 0.15) is 24.7 Å². The van der Waals surface area contributed by atoms with Crippen LogP contribution >= 0.6 is 69.6 Å². The standard InChI is InChI=1S/C32H20Cl6O11/c33-17-1-5-23(21(37)9-17)46-25-7-3-19(35)11-27(25)48-31(41)15-44-29(39)13-43-14-30(40)45-16-32(42)49-28-12-20(36)4-8-26(28)47-24-6-2-18(34)10-22(24)38/h1-12H,13-16H2. The van der Waals surface area contributed by atoms with Gasteiger partial charge in [0, 0.05) is 32.2 Å². The third kappa shape index (κ3) is 12.2. The molecule has 0 aliphatic carbocycles. The third-order valence-electron chi connectivity index (χ3n) is 5.63. The summed E-state index contributed by atoms with van der Waals surface area (Å²) in [6.45, 7) is -3.09. The third-order valence-corrected chi connectivity index (χ3v) is 7.16. The number of benzene rings is 4. The minimum atomic E-state index is -1.01. The smallest absolute Gasteiger partial charge is 0.349 e. The Hall–Kier alpha value is -3.94. The fourth-order valence-corrected chi connectivity index (χ4v) is 4.75. The first-order valence-electron chi connectivity index (χ1n) is 13.5. The van der Waals surface area contributed by atoms with Crippen molar-refractivity contribution in [2.75, 3.05) is 26.4 Å². The fraction of sp³-hybridized carbons (Fsp3) is 0.125. The molecule has 0 heterocycles. The Kier molecular flexibility index (Phi) is 14.0. The predicted octanol–water partition coefficient (Wildman–Crippen LogP) is 8.81. The van der Waals surface area contributed by atoms with Crippen molar-refractivity contribution in [1.29, 1.82) is 0 Å². The second-order valence-electron chi connectivity index (χ2n) is 9.30. The lowest BCUT2D eigenvalue weighted by molar-refractivity contribution is -0.162. The molecule has 11 nitrogen and oxygen atoms in total. The number of halogens is 6. The average molecular weight is 793 g/mol. The highest BCUT2D eigenvalue weighted by Gasteiger charge is 2.18. The normalized spacial score (nSPS) is 10.6. The summed E-state index contributed by atoms with van der Waals surface area (Å²) < 4.78 is 36.4. The summed E-state index contributed by atoms with van der Waals surface area (Å²) in [5, 5.41) is 1.64. The molecule has 0 spiro atoms. The van der Waals surface area contributed by atoms with Crippen LogP contribution in [0.4, 0.5) is 0 Å². The van der Waals surface area contributed by atoms with Crippen LogP contribution in [0.5, 0.6) is 34.5 Å². The molecule has 0 aliphatic rings. The SMILES string of the molecule is O=C(COCC(=O)OCC(=O)Oc1cc(Cl)ccc1Oc1ccc(Cl)cc1Cl)OCC(=O)Oc1cc(Cl)ccc1Oc1ccc(Cl)cc1Cl. The van der Waals surface area contributed by atoms with Crippen molar-refractivity contribution in [3.63, 3.8) is 0 Å². The average Bonchev–Trinajstić information content (AvgIpc) is 3.04. The molecule has 17 heteroatoms. The van der Waals surface area contributed by atoms with Gasteiger partial charge >= 0.3 is 23.9 Å². The number of esters is 4. The number of ether oxygens (including phenoxy) is 7. The molecule has 0 saturated carbocycles. The maximum absolute atomic E-state index is 12.3. The highest BCUT2D eigenvalue weighted by atomic mass is 35.5. The molecule has 0 aliphatic heterocycles. The van der Waals surface area contributed by atoms with Crippen molar-refractivity contribution >= 4 is 93.5 Å². The van der Waals surface area contributed by atoms with E-state index in [1.807, 2.05) is 0 Å². The molecule has 4 aromatic carbocycles. The molecule has 49 heavy (non-hydrogen) atoms. The lowest BCUT2D eigenvalue weighted by Crippen LogP contribution is -2.24. The van der Waals surface area contributed by atoms with E-state index in [2.05, 4.69) is 0 Å². The molecule has 4 rings (SSSR count). The molecule has 0 atom stereocenters. The van der Waals surface area contributed by atoms with Crippen LogP contribution in [0.2, 0.25) is 30.1 Å². The maximum Gasteiger partial charge on any atom is 0.349 e. The molecule has 0 bridgehead atoms. The summed E-state index contributed by atoms with van der Waals surface area (Å²) in [6.07, 6.45) is 0. The van der Waals surface area contributed by atoms with Gasteiger partial charge in [-0.3, -0.25) is 0 Å². The Morgan fingerprint density at radius 2 is 0.755 bits per heavy atom. The van der Waals surface area contributed by atoms with E-state index in [-0.39, 0.29) is 54.6 Å². The van der Waals surface area contributed by atoms with Gasteiger partial charge in [0.2, 0.25) is 0 Å². The van der Waals surface area contributed by atoms with E-state index < -0.39 is 50.3 Å². The van der Waals surface area contributed by atoms with Crippen LogP contribution in [-0.2, 0) is 33.4 Å². The van der Waals surface area contributed by atoms with E-state index in [1.54, 1.807) is 12.1 Å². The van der Waals surface area contributed by atoms with E-state index >= 15 is 0 Å². The maximum atomic E-state index is 12.3. The lowest BCUT2D eigenvalue weighted by Gasteiger charge is -2.13. The van der Waals surface area contributed by atoms with Crippen molar-refractivity contribution in [2.45, 2.75) is 0 Å². The van der Waals surface area contributed by atoms with Gasteiger partial charge in [-0.2, -0.15) is 0 Å². The highest BCUT2D eigenvalue weighted by molar-refractivity contribution is 6.36. The second-order valence-corrected chi connectivity index (χ2v) is 11.9. The second kappa shape index (κ2) is 18.2. The molecule has 0 aromatic heterocycles. The Balaban J connectivity index is 1.18. The summed E-state index contributed by atoms with van der Waals surface area (Å²) in [5.41, 5.74) is 0. The van der Waals surface area contributed by atoms with Crippen molar-refractivity contribution in [3.8, 4) is 34.5 Å². The largest absolute Gasteiger partial charge is 0.452 e. The minimum absolute atomic E-state index is 0.0813. The number of carbonyl (C=O) groups is 4.